The summed E-state index contributed by atoms with van der Waals surface area (Å²) in [7, 11) is 0. The molecular weight excluding hydrogens is 345 g/mol. The number of aryl methyl sites for hydroxylation is 1. The molecule has 0 unspecified atom stereocenters. The van der Waals surface area contributed by atoms with Crippen LogP contribution in [0.5, 0.6) is 0 Å². The third kappa shape index (κ3) is 4.38. The van der Waals surface area contributed by atoms with Gasteiger partial charge in [0.15, 0.2) is 5.78 Å². The minimum absolute atomic E-state index is 0.0376. The predicted molar refractivity (Wildman–Crippen MR) is 80.9 cm³/mol. The summed E-state index contributed by atoms with van der Waals surface area (Å²) in [6, 6.07) is 5.10. The van der Waals surface area contributed by atoms with Gasteiger partial charge < -0.3 is 0 Å². The molecular formula is C16H12ClF3N2O2. The fourth-order valence-corrected chi connectivity index (χ4v) is 2.29. The number of carbonyl (C=O) groups is 2. The topological polar surface area (TPSA) is 59.9 Å². The van der Waals surface area contributed by atoms with E-state index in [0.717, 1.165) is 11.6 Å². The van der Waals surface area contributed by atoms with Crippen LogP contribution >= 0.6 is 11.6 Å². The Hall–Kier alpha value is -2.28. The van der Waals surface area contributed by atoms with Crippen LogP contribution in [0, 0.1) is 6.92 Å². The minimum Gasteiger partial charge on any atom is -0.299 e. The quantitative estimate of drug-likeness (QED) is 0.464. The molecule has 0 spiro atoms. The van der Waals surface area contributed by atoms with E-state index in [2.05, 4.69) is 9.97 Å². The first-order valence-corrected chi connectivity index (χ1v) is 7.25. The Balaban J connectivity index is 2.10. The van der Waals surface area contributed by atoms with Gasteiger partial charge in [-0.25, -0.2) is 4.98 Å². The molecule has 2 aromatic heterocycles. The number of alkyl halides is 3. The Morgan fingerprint density at radius 1 is 1.21 bits per heavy atom. The molecule has 0 bridgehead atoms. The van der Waals surface area contributed by atoms with Crippen molar-refractivity contribution >= 4 is 23.2 Å². The lowest BCUT2D eigenvalue weighted by Crippen LogP contribution is -2.14. The van der Waals surface area contributed by atoms with Gasteiger partial charge in [0.05, 0.1) is 17.7 Å². The number of aromatic nitrogens is 2. The molecule has 0 fully saturated rings. The van der Waals surface area contributed by atoms with Gasteiger partial charge in [-0.15, -0.1) is 0 Å². The van der Waals surface area contributed by atoms with E-state index < -0.39 is 35.0 Å². The fraction of sp³-hybridized carbons (Fsp3) is 0.250. The zero-order valence-electron chi connectivity index (χ0n) is 12.5. The molecule has 4 nitrogen and oxygen atoms in total. The highest BCUT2D eigenvalue weighted by Crippen LogP contribution is 2.29. The van der Waals surface area contributed by atoms with E-state index in [1.807, 2.05) is 0 Å². The first kappa shape index (κ1) is 18.1. The maximum atomic E-state index is 12.5. The molecule has 0 aliphatic carbocycles. The number of hydrogen-bond donors (Lipinski definition) is 0. The second kappa shape index (κ2) is 7.09. The van der Waals surface area contributed by atoms with Gasteiger partial charge in [0.25, 0.3) is 0 Å². The summed E-state index contributed by atoms with van der Waals surface area (Å²) < 4.78 is 37.6. The highest BCUT2D eigenvalue weighted by Gasteiger charge is 2.33. The van der Waals surface area contributed by atoms with Crippen molar-refractivity contribution in [2.75, 3.05) is 0 Å². The van der Waals surface area contributed by atoms with Crippen LogP contribution in [-0.2, 0) is 17.4 Å². The molecule has 8 heteroatoms. The lowest BCUT2D eigenvalue weighted by Gasteiger charge is -2.08. The van der Waals surface area contributed by atoms with Crippen LogP contribution in [0.15, 0.2) is 30.5 Å². The van der Waals surface area contributed by atoms with Gasteiger partial charge in [-0.3, -0.25) is 14.6 Å². The summed E-state index contributed by atoms with van der Waals surface area (Å²) in [6.07, 6.45) is -3.64. The molecule has 0 aliphatic rings. The van der Waals surface area contributed by atoms with Crippen LogP contribution < -0.4 is 0 Å². The average Bonchev–Trinajstić information content (AvgIpc) is 2.48. The van der Waals surface area contributed by atoms with E-state index in [1.54, 1.807) is 19.1 Å². The summed E-state index contributed by atoms with van der Waals surface area (Å²) in [5.41, 5.74) is -0.0466. The lowest BCUT2D eigenvalue weighted by atomic mass is 10.0. The van der Waals surface area contributed by atoms with Crippen LogP contribution in [-0.4, -0.2) is 21.5 Å². The van der Waals surface area contributed by atoms with Gasteiger partial charge in [-0.05, 0) is 30.7 Å². The molecule has 126 valence electrons. The van der Waals surface area contributed by atoms with Gasteiger partial charge in [0, 0.05) is 12.6 Å². The number of Topliss-reactive ketones (excluding diaryl/α,β-unsaturated/α-hetero) is 2. The van der Waals surface area contributed by atoms with Gasteiger partial charge >= 0.3 is 6.18 Å². The van der Waals surface area contributed by atoms with Gasteiger partial charge in [0.2, 0.25) is 0 Å². The van der Waals surface area contributed by atoms with Crippen molar-refractivity contribution in [1.29, 1.82) is 0 Å². The van der Waals surface area contributed by atoms with Crippen molar-refractivity contribution in [2.24, 2.45) is 0 Å². The van der Waals surface area contributed by atoms with Crippen molar-refractivity contribution in [2.45, 2.75) is 25.9 Å². The third-order valence-electron chi connectivity index (χ3n) is 3.28. The van der Waals surface area contributed by atoms with E-state index >= 15 is 0 Å². The van der Waals surface area contributed by atoms with Crippen molar-refractivity contribution in [3.05, 3.63) is 58.1 Å². The molecule has 0 N–H and O–H groups in total. The first-order valence-electron chi connectivity index (χ1n) is 6.87. The SMILES string of the molecule is Cc1cccnc1CC(=O)CC(=O)c1ccc(C(F)(F)F)nc1Cl. The maximum Gasteiger partial charge on any atom is 0.433 e. The highest BCUT2D eigenvalue weighted by atomic mass is 35.5. The summed E-state index contributed by atoms with van der Waals surface area (Å²) in [6.45, 7) is 1.79. The van der Waals surface area contributed by atoms with E-state index in [-0.39, 0.29) is 12.0 Å². The van der Waals surface area contributed by atoms with Crippen LogP contribution in [0.25, 0.3) is 0 Å². The average molecular weight is 357 g/mol. The highest BCUT2D eigenvalue weighted by molar-refractivity contribution is 6.33. The molecule has 2 rings (SSSR count). The van der Waals surface area contributed by atoms with Crippen molar-refractivity contribution < 1.29 is 22.8 Å². The van der Waals surface area contributed by atoms with E-state index in [1.165, 1.54) is 6.20 Å². The van der Waals surface area contributed by atoms with Crippen molar-refractivity contribution in [3.8, 4) is 0 Å². The molecule has 2 heterocycles. The summed E-state index contributed by atoms with van der Waals surface area (Å²) in [4.78, 5) is 31.3. The molecule has 0 saturated heterocycles. The number of carbonyl (C=O) groups excluding carboxylic acids is 2. The smallest absolute Gasteiger partial charge is 0.299 e. The van der Waals surface area contributed by atoms with Crippen LogP contribution in [0.3, 0.4) is 0 Å². The summed E-state index contributed by atoms with van der Waals surface area (Å²) >= 11 is 5.64. The molecule has 0 aromatic carbocycles. The van der Waals surface area contributed by atoms with Crippen molar-refractivity contribution in [1.82, 2.24) is 9.97 Å². The molecule has 0 atom stereocenters. The van der Waals surface area contributed by atoms with Crippen molar-refractivity contribution in [3.63, 3.8) is 0 Å². The Morgan fingerprint density at radius 3 is 2.50 bits per heavy atom. The van der Waals surface area contributed by atoms with E-state index in [4.69, 9.17) is 11.6 Å². The molecule has 0 aliphatic heterocycles. The van der Waals surface area contributed by atoms with Crippen LogP contribution in [0.1, 0.15) is 33.7 Å². The first-order chi connectivity index (χ1) is 11.2. The number of pyridine rings is 2. The zero-order valence-corrected chi connectivity index (χ0v) is 13.3. The summed E-state index contributed by atoms with van der Waals surface area (Å²) in [5, 5.41) is -0.573. The normalized spacial score (nSPS) is 11.4. The number of ketones is 2. The zero-order chi connectivity index (χ0) is 17.9. The molecule has 0 saturated carbocycles. The van der Waals surface area contributed by atoms with Crippen LogP contribution in [0.2, 0.25) is 5.15 Å². The number of nitrogens with zero attached hydrogens (tertiary/aromatic N) is 2. The Bertz CT molecular complexity index is 791. The van der Waals surface area contributed by atoms with E-state index in [9.17, 15) is 22.8 Å². The molecule has 24 heavy (non-hydrogen) atoms. The molecule has 0 amide bonds. The Kier molecular flexibility index (Phi) is 5.33. The lowest BCUT2D eigenvalue weighted by molar-refractivity contribution is -0.141. The van der Waals surface area contributed by atoms with Gasteiger partial charge in [-0.1, -0.05) is 17.7 Å². The fourth-order valence-electron chi connectivity index (χ4n) is 2.03. The minimum atomic E-state index is -4.66. The van der Waals surface area contributed by atoms with Crippen LogP contribution in [0.4, 0.5) is 13.2 Å². The molecule has 0 radical (unpaired) electrons. The van der Waals surface area contributed by atoms with E-state index in [0.29, 0.717) is 11.8 Å². The standard InChI is InChI=1S/C16H12ClF3N2O2/c1-9-3-2-6-21-12(9)7-10(23)8-13(24)11-4-5-14(16(18,19)20)22-15(11)17/h2-6H,7-8H2,1H3. The third-order valence-corrected chi connectivity index (χ3v) is 3.57. The Labute approximate surface area is 140 Å². The monoisotopic (exact) mass is 356 g/mol. The number of hydrogen-bond acceptors (Lipinski definition) is 4. The maximum absolute atomic E-state index is 12.5. The predicted octanol–water partition coefficient (Wildman–Crippen LogP) is 3.84. The number of halogens is 4. The number of rotatable bonds is 5. The van der Waals surface area contributed by atoms with Gasteiger partial charge in [-0.2, -0.15) is 13.2 Å². The second-order valence-electron chi connectivity index (χ2n) is 5.12. The molecule has 2 aromatic rings. The van der Waals surface area contributed by atoms with Gasteiger partial charge in [0.1, 0.15) is 16.6 Å². The second-order valence-corrected chi connectivity index (χ2v) is 5.47. The summed E-state index contributed by atoms with van der Waals surface area (Å²) in [5.74, 6) is -1.09. The Morgan fingerprint density at radius 2 is 1.92 bits per heavy atom. The largest absolute Gasteiger partial charge is 0.433 e.